The minimum atomic E-state index is -0.441. The Balaban J connectivity index is 1.43. The predicted molar refractivity (Wildman–Crippen MR) is 113 cm³/mol. The molecule has 0 saturated carbocycles. The summed E-state index contributed by atoms with van der Waals surface area (Å²) in [5.74, 6) is -0.393. The molecule has 0 spiro atoms. The summed E-state index contributed by atoms with van der Waals surface area (Å²) in [6.07, 6.45) is 0. The van der Waals surface area contributed by atoms with E-state index < -0.39 is 5.97 Å². The molecule has 0 atom stereocenters. The number of carbonyl (C=O) groups excluding carboxylic acids is 2. The molecule has 10 heteroatoms. The van der Waals surface area contributed by atoms with Crippen molar-refractivity contribution >= 4 is 35.0 Å². The predicted octanol–water partition coefficient (Wildman–Crippen LogP) is 3.45. The van der Waals surface area contributed by atoms with E-state index in [1.807, 2.05) is 0 Å². The van der Waals surface area contributed by atoms with E-state index in [0.29, 0.717) is 33.3 Å². The van der Waals surface area contributed by atoms with Crippen molar-refractivity contribution < 1.29 is 18.7 Å². The number of esters is 1. The van der Waals surface area contributed by atoms with Crippen LogP contribution in [0.2, 0.25) is 0 Å². The summed E-state index contributed by atoms with van der Waals surface area (Å²) in [6, 6.07) is 15.8. The monoisotopic (exact) mass is 437 g/mol. The third-order valence-electron chi connectivity index (χ3n) is 4.28. The third-order valence-corrected chi connectivity index (χ3v) is 5.20. The van der Waals surface area contributed by atoms with Crippen molar-refractivity contribution in [3.05, 3.63) is 72.0 Å². The fourth-order valence-corrected chi connectivity index (χ4v) is 3.43. The summed E-state index contributed by atoms with van der Waals surface area (Å²) < 4.78 is 19.4. The van der Waals surface area contributed by atoms with E-state index in [2.05, 4.69) is 25.3 Å². The van der Waals surface area contributed by atoms with E-state index in [4.69, 9.17) is 0 Å². The molecule has 1 N–H and O–H groups in total. The van der Waals surface area contributed by atoms with Gasteiger partial charge >= 0.3 is 5.97 Å². The molecule has 2 aromatic carbocycles. The molecule has 8 nitrogen and oxygen atoms in total. The van der Waals surface area contributed by atoms with Crippen molar-refractivity contribution in [1.29, 1.82) is 0 Å². The van der Waals surface area contributed by atoms with Crippen molar-refractivity contribution in [3.63, 3.8) is 0 Å². The van der Waals surface area contributed by atoms with Gasteiger partial charge in [0.25, 0.3) is 0 Å². The van der Waals surface area contributed by atoms with Crippen LogP contribution < -0.4 is 5.32 Å². The number of rotatable bonds is 6. The normalized spacial score (nSPS) is 10.8. The van der Waals surface area contributed by atoms with Crippen LogP contribution in [-0.2, 0) is 9.53 Å². The van der Waals surface area contributed by atoms with Gasteiger partial charge in [-0.25, -0.2) is 9.18 Å². The average Bonchev–Trinajstić information content (AvgIpc) is 3.21. The van der Waals surface area contributed by atoms with Crippen LogP contribution in [0.5, 0.6) is 0 Å². The molecule has 0 aliphatic carbocycles. The van der Waals surface area contributed by atoms with E-state index >= 15 is 0 Å². The lowest BCUT2D eigenvalue weighted by Gasteiger charge is -2.06. The Morgan fingerprint density at radius 2 is 1.77 bits per heavy atom. The molecule has 0 fully saturated rings. The molecule has 4 aromatic rings. The second kappa shape index (κ2) is 8.92. The van der Waals surface area contributed by atoms with Crippen LogP contribution >= 0.6 is 11.8 Å². The van der Waals surface area contributed by atoms with Gasteiger partial charge in [0.15, 0.2) is 11.5 Å². The Kier molecular flexibility index (Phi) is 5.89. The maximum Gasteiger partial charge on any atom is 0.337 e. The molecule has 2 aromatic heterocycles. The molecule has 4 rings (SSSR count). The Hall–Kier alpha value is -3.79. The van der Waals surface area contributed by atoms with E-state index in [0.717, 1.165) is 0 Å². The number of benzene rings is 2. The van der Waals surface area contributed by atoms with Crippen LogP contribution in [0.4, 0.5) is 10.1 Å². The Bertz CT molecular complexity index is 1240. The number of fused-ring (bicyclic) bond motifs is 1. The van der Waals surface area contributed by atoms with E-state index in [-0.39, 0.29) is 17.5 Å². The Morgan fingerprint density at radius 1 is 1.03 bits per heavy atom. The molecule has 0 aliphatic heterocycles. The highest BCUT2D eigenvalue weighted by molar-refractivity contribution is 7.99. The molecule has 31 heavy (non-hydrogen) atoms. The van der Waals surface area contributed by atoms with Gasteiger partial charge in [-0.1, -0.05) is 11.8 Å². The van der Waals surface area contributed by atoms with Gasteiger partial charge in [0.2, 0.25) is 5.91 Å². The number of hydrogen-bond donors (Lipinski definition) is 1. The summed E-state index contributed by atoms with van der Waals surface area (Å²) in [7, 11) is 1.31. The maximum absolute atomic E-state index is 13.2. The third kappa shape index (κ3) is 4.69. The van der Waals surface area contributed by atoms with Gasteiger partial charge in [-0.2, -0.15) is 9.61 Å². The first-order valence-electron chi connectivity index (χ1n) is 9.13. The number of ether oxygens (including phenoxy) is 1. The Labute approximate surface area is 180 Å². The highest BCUT2D eigenvalue weighted by Gasteiger charge is 2.12. The molecule has 0 unspecified atom stereocenters. The molecule has 156 valence electrons. The standard InChI is InChI=1S/C21H16FN5O3S/c1-30-21(29)14-4-8-16(9-5-14)23-18(28)12-31-19-11-10-17-24-25-20(27(17)26-19)13-2-6-15(22)7-3-13/h2-11H,12H2,1H3,(H,23,28). The fourth-order valence-electron chi connectivity index (χ4n) is 2.77. The van der Waals surface area contributed by atoms with Gasteiger partial charge in [-0.3, -0.25) is 4.79 Å². The average molecular weight is 437 g/mol. The number of anilines is 1. The fraction of sp³-hybridized carbons (Fsp3) is 0.0952. The van der Waals surface area contributed by atoms with Crippen LogP contribution in [0.25, 0.3) is 17.0 Å². The van der Waals surface area contributed by atoms with Crippen LogP contribution in [0.15, 0.2) is 65.7 Å². The molecular weight excluding hydrogens is 421 g/mol. The summed E-state index contributed by atoms with van der Waals surface area (Å²) in [4.78, 5) is 23.7. The summed E-state index contributed by atoms with van der Waals surface area (Å²) in [5.41, 5.74) is 2.19. The van der Waals surface area contributed by atoms with Gasteiger partial charge in [0, 0.05) is 11.3 Å². The number of hydrogen-bond acceptors (Lipinski definition) is 7. The van der Waals surface area contributed by atoms with Gasteiger partial charge in [0.05, 0.1) is 18.4 Å². The zero-order valence-corrected chi connectivity index (χ0v) is 17.1. The number of aromatic nitrogens is 4. The summed E-state index contributed by atoms with van der Waals surface area (Å²) in [5, 5.41) is 16.0. The number of methoxy groups -OCH3 is 1. The number of nitrogens with zero attached hydrogens (tertiary/aromatic N) is 4. The minimum absolute atomic E-state index is 0.130. The highest BCUT2D eigenvalue weighted by atomic mass is 32.2. The quantitative estimate of drug-likeness (QED) is 0.364. The zero-order chi connectivity index (χ0) is 21.8. The lowest BCUT2D eigenvalue weighted by molar-refractivity contribution is -0.113. The smallest absolute Gasteiger partial charge is 0.337 e. The largest absolute Gasteiger partial charge is 0.465 e. The van der Waals surface area contributed by atoms with Crippen LogP contribution in [0.3, 0.4) is 0 Å². The van der Waals surface area contributed by atoms with E-state index in [9.17, 15) is 14.0 Å². The molecule has 0 radical (unpaired) electrons. The first-order valence-corrected chi connectivity index (χ1v) is 10.1. The maximum atomic E-state index is 13.2. The summed E-state index contributed by atoms with van der Waals surface area (Å²) >= 11 is 1.25. The van der Waals surface area contributed by atoms with Gasteiger partial charge in [-0.05, 0) is 60.7 Å². The number of thioether (sulfide) groups is 1. The number of halogens is 1. The molecule has 0 saturated heterocycles. The van der Waals surface area contributed by atoms with Crippen molar-refractivity contribution in [2.75, 3.05) is 18.2 Å². The summed E-state index contributed by atoms with van der Waals surface area (Å²) in [6.45, 7) is 0. The van der Waals surface area contributed by atoms with Gasteiger partial charge in [0.1, 0.15) is 10.8 Å². The molecular formula is C21H16FN5O3S. The Morgan fingerprint density at radius 3 is 2.48 bits per heavy atom. The van der Waals surface area contributed by atoms with E-state index in [1.54, 1.807) is 53.0 Å². The van der Waals surface area contributed by atoms with Crippen molar-refractivity contribution in [2.45, 2.75) is 5.03 Å². The second-order valence-corrected chi connectivity index (χ2v) is 7.37. The number of carbonyl (C=O) groups is 2. The highest BCUT2D eigenvalue weighted by Crippen LogP contribution is 2.21. The zero-order valence-electron chi connectivity index (χ0n) is 16.3. The second-order valence-electron chi connectivity index (χ2n) is 6.38. The molecule has 0 aliphatic rings. The first kappa shape index (κ1) is 20.5. The molecule has 2 heterocycles. The first-order chi connectivity index (χ1) is 15.0. The van der Waals surface area contributed by atoms with Crippen molar-refractivity contribution in [3.8, 4) is 11.4 Å². The topological polar surface area (TPSA) is 98.5 Å². The van der Waals surface area contributed by atoms with Crippen LogP contribution in [0, 0.1) is 5.82 Å². The van der Waals surface area contributed by atoms with Crippen LogP contribution in [-0.4, -0.2) is 44.6 Å². The molecule has 1 amide bonds. The van der Waals surface area contributed by atoms with Gasteiger partial charge < -0.3 is 10.1 Å². The SMILES string of the molecule is COC(=O)c1ccc(NC(=O)CSc2ccc3nnc(-c4ccc(F)cc4)n3n2)cc1. The lowest BCUT2D eigenvalue weighted by atomic mass is 10.2. The minimum Gasteiger partial charge on any atom is -0.465 e. The number of nitrogens with one attached hydrogen (secondary N) is 1. The van der Waals surface area contributed by atoms with Crippen LogP contribution in [0.1, 0.15) is 10.4 Å². The lowest BCUT2D eigenvalue weighted by Crippen LogP contribution is -2.14. The number of amides is 1. The van der Waals surface area contributed by atoms with Crippen molar-refractivity contribution in [2.24, 2.45) is 0 Å². The van der Waals surface area contributed by atoms with E-state index in [1.165, 1.54) is 31.0 Å². The van der Waals surface area contributed by atoms with Crippen molar-refractivity contribution in [1.82, 2.24) is 19.8 Å². The van der Waals surface area contributed by atoms with Gasteiger partial charge in [-0.15, -0.1) is 10.2 Å². The molecule has 0 bridgehead atoms.